The van der Waals surface area contributed by atoms with E-state index in [9.17, 15) is 0 Å². The van der Waals surface area contributed by atoms with Crippen molar-refractivity contribution in [3.63, 3.8) is 0 Å². The molecule has 0 aliphatic heterocycles. The van der Waals surface area contributed by atoms with Crippen LogP contribution in [-0.2, 0) is 0 Å². The molecule has 0 rings (SSSR count). The van der Waals surface area contributed by atoms with Crippen LogP contribution < -0.4 is 0 Å². The normalized spacial score (nSPS) is 11.0. The minimum Gasteiger partial charge on any atom is -0.289 e. The number of rotatable bonds is 2. The van der Waals surface area contributed by atoms with E-state index in [4.69, 9.17) is 5.41 Å². The fraction of sp³-hybridized carbons (Fsp3) is 0. The molecule has 0 atom stereocenters. The van der Waals surface area contributed by atoms with Gasteiger partial charge in [-0.1, -0.05) is 0 Å². The first-order chi connectivity index (χ1) is 3.41. The number of halogens is 1. The standard InChI is InChI=1S/C3H4IN3/c4-1-6-3-7-2-5/h1-3,5H/b5-2?,6-1-,7-3-. The van der Waals surface area contributed by atoms with Crippen molar-refractivity contribution in [1.29, 1.82) is 5.41 Å². The van der Waals surface area contributed by atoms with Crippen molar-refractivity contribution in [2.24, 2.45) is 9.98 Å². The van der Waals surface area contributed by atoms with Crippen LogP contribution in [0, 0.1) is 5.41 Å². The summed E-state index contributed by atoms with van der Waals surface area (Å²) in [4.78, 5) is 6.96. The summed E-state index contributed by atoms with van der Waals surface area (Å²) in [5, 5.41) is 6.38. The summed E-state index contributed by atoms with van der Waals surface area (Å²) in [6.45, 7) is 0. The monoisotopic (exact) mass is 209 g/mol. The molecule has 0 aromatic carbocycles. The van der Waals surface area contributed by atoms with Crippen LogP contribution in [0.5, 0.6) is 0 Å². The van der Waals surface area contributed by atoms with Crippen LogP contribution in [0.1, 0.15) is 0 Å². The van der Waals surface area contributed by atoms with Crippen molar-refractivity contribution in [3.05, 3.63) is 0 Å². The number of hydrogen-bond donors (Lipinski definition) is 1. The summed E-state index contributed by atoms with van der Waals surface area (Å²) >= 11 is 1.97. The number of nitrogens with zero attached hydrogens (tertiary/aromatic N) is 2. The highest BCUT2D eigenvalue weighted by atomic mass is 127. The average molecular weight is 209 g/mol. The molecule has 0 heterocycles. The Morgan fingerprint density at radius 1 is 1.43 bits per heavy atom. The van der Waals surface area contributed by atoms with E-state index in [-0.39, 0.29) is 0 Å². The van der Waals surface area contributed by atoms with Gasteiger partial charge >= 0.3 is 0 Å². The van der Waals surface area contributed by atoms with Crippen molar-refractivity contribution in [3.8, 4) is 0 Å². The van der Waals surface area contributed by atoms with E-state index in [2.05, 4.69) is 9.98 Å². The smallest absolute Gasteiger partial charge is 0.117 e. The van der Waals surface area contributed by atoms with Crippen LogP contribution in [0.3, 0.4) is 0 Å². The third-order valence-corrected chi connectivity index (χ3v) is 0.586. The zero-order valence-corrected chi connectivity index (χ0v) is 5.66. The van der Waals surface area contributed by atoms with E-state index >= 15 is 0 Å². The van der Waals surface area contributed by atoms with Crippen LogP contribution in [0.25, 0.3) is 0 Å². The van der Waals surface area contributed by atoms with E-state index in [1.165, 1.54) is 6.34 Å². The molecular weight excluding hydrogens is 205 g/mol. The quantitative estimate of drug-likeness (QED) is 0.402. The predicted molar refractivity (Wildman–Crippen MR) is 39.8 cm³/mol. The lowest BCUT2D eigenvalue weighted by atomic mass is 11.2. The van der Waals surface area contributed by atoms with Gasteiger partial charge in [0.1, 0.15) is 12.7 Å². The van der Waals surface area contributed by atoms with E-state index in [0.717, 1.165) is 6.34 Å². The first-order valence-electron chi connectivity index (χ1n) is 1.54. The summed E-state index contributed by atoms with van der Waals surface area (Å²) in [5.41, 5.74) is 0. The first kappa shape index (κ1) is 6.74. The molecule has 3 nitrogen and oxygen atoms in total. The van der Waals surface area contributed by atoms with E-state index in [0.29, 0.717) is 0 Å². The molecule has 0 aromatic rings. The van der Waals surface area contributed by atoms with Gasteiger partial charge in [-0.3, -0.25) is 5.41 Å². The van der Waals surface area contributed by atoms with Crippen LogP contribution in [-0.4, -0.2) is 16.9 Å². The number of hydrogen-bond acceptors (Lipinski definition) is 1. The molecule has 0 saturated carbocycles. The minimum absolute atomic E-state index is 0.934. The van der Waals surface area contributed by atoms with Crippen LogP contribution in [0.2, 0.25) is 0 Å². The van der Waals surface area contributed by atoms with Crippen LogP contribution >= 0.6 is 22.6 Å². The van der Waals surface area contributed by atoms with Gasteiger partial charge in [-0.15, -0.1) is 0 Å². The van der Waals surface area contributed by atoms with Gasteiger partial charge in [0.25, 0.3) is 0 Å². The van der Waals surface area contributed by atoms with Gasteiger partial charge in [-0.25, -0.2) is 9.98 Å². The van der Waals surface area contributed by atoms with Crippen molar-refractivity contribution in [1.82, 2.24) is 0 Å². The summed E-state index contributed by atoms with van der Waals surface area (Å²) in [6.07, 6.45) is 2.24. The molecule has 7 heavy (non-hydrogen) atoms. The van der Waals surface area contributed by atoms with Gasteiger partial charge in [0, 0.05) is 0 Å². The molecule has 38 valence electrons. The highest BCUT2D eigenvalue weighted by molar-refractivity contribution is 14.1. The lowest BCUT2D eigenvalue weighted by molar-refractivity contribution is 1.51. The Hall–Kier alpha value is -0.260. The topological polar surface area (TPSA) is 48.6 Å². The molecule has 0 spiro atoms. The molecule has 0 saturated heterocycles. The fourth-order valence-electron chi connectivity index (χ4n) is 0.0970. The molecule has 4 heteroatoms. The maximum atomic E-state index is 6.38. The highest BCUT2D eigenvalue weighted by Gasteiger charge is 1.54. The van der Waals surface area contributed by atoms with Crippen LogP contribution in [0.15, 0.2) is 9.98 Å². The van der Waals surface area contributed by atoms with Crippen molar-refractivity contribution in [2.45, 2.75) is 0 Å². The lowest BCUT2D eigenvalue weighted by Crippen LogP contribution is -1.63. The van der Waals surface area contributed by atoms with E-state index < -0.39 is 0 Å². The Kier molecular flexibility index (Phi) is 5.53. The molecule has 0 unspecified atom stereocenters. The van der Waals surface area contributed by atoms with Gasteiger partial charge in [0.15, 0.2) is 0 Å². The molecule has 1 N–H and O–H groups in total. The Balaban J connectivity index is 3.27. The molecule has 0 aliphatic rings. The second-order valence-electron chi connectivity index (χ2n) is 0.640. The molecule has 0 bridgehead atoms. The van der Waals surface area contributed by atoms with Crippen molar-refractivity contribution >= 4 is 39.5 Å². The van der Waals surface area contributed by atoms with Gasteiger partial charge in [-0.2, -0.15) is 0 Å². The summed E-state index contributed by atoms with van der Waals surface area (Å²) < 4.78 is 1.57. The maximum absolute atomic E-state index is 6.38. The summed E-state index contributed by atoms with van der Waals surface area (Å²) in [7, 11) is 0. The highest BCUT2D eigenvalue weighted by Crippen LogP contribution is 1.67. The number of aliphatic imine (C=N–C) groups is 2. The van der Waals surface area contributed by atoms with Gasteiger partial charge in [0.05, 0.1) is 4.22 Å². The Labute approximate surface area is 55.2 Å². The van der Waals surface area contributed by atoms with Gasteiger partial charge < -0.3 is 0 Å². The predicted octanol–water partition coefficient (Wildman–Crippen LogP) is 1.09. The third kappa shape index (κ3) is 5.74. The fourth-order valence-corrected chi connectivity index (χ4v) is 0.241. The second kappa shape index (κ2) is 5.74. The van der Waals surface area contributed by atoms with E-state index in [1.54, 1.807) is 4.22 Å². The lowest BCUT2D eigenvalue weighted by Gasteiger charge is -1.65. The SMILES string of the molecule is N=C/N=C\N=C/I. The van der Waals surface area contributed by atoms with Crippen molar-refractivity contribution < 1.29 is 0 Å². The molecule has 0 aromatic heterocycles. The van der Waals surface area contributed by atoms with Crippen molar-refractivity contribution in [2.75, 3.05) is 0 Å². The van der Waals surface area contributed by atoms with E-state index in [1.807, 2.05) is 22.6 Å². The molecular formula is C3H4IN3. The largest absolute Gasteiger partial charge is 0.289 e. The van der Waals surface area contributed by atoms with Gasteiger partial charge in [0.2, 0.25) is 0 Å². The Bertz CT molecular complexity index is 96.4. The zero-order valence-electron chi connectivity index (χ0n) is 3.50. The first-order valence-corrected chi connectivity index (χ1v) is 2.79. The minimum atomic E-state index is 0.934. The number of nitrogens with one attached hydrogen (secondary N) is 1. The Morgan fingerprint density at radius 3 is 2.57 bits per heavy atom. The zero-order chi connectivity index (χ0) is 5.54. The van der Waals surface area contributed by atoms with Gasteiger partial charge in [-0.05, 0) is 22.6 Å². The summed E-state index contributed by atoms with van der Waals surface area (Å²) in [6, 6.07) is 0. The molecule has 0 radical (unpaired) electrons. The maximum Gasteiger partial charge on any atom is 0.117 e. The molecule has 0 aliphatic carbocycles. The Morgan fingerprint density at radius 2 is 2.14 bits per heavy atom. The average Bonchev–Trinajstić information content (AvgIpc) is 1.69. The third-order valence-electron chi connectivity index (χ3n) is 0.264. The van der Waals surface area contributed by atoms with Crippen LogP contribution in [0.4, 0.5) is 0 Å². The molecule has 0 fully saturated rings. The second-order valence-corrected chi connectivity index (χ2v) is 1.20. The summed E-state index contributed by atoms with van der Waals surface area (Å²) in [5.74, 6) is 0. The molecule has 0 amide bonds.